The van der Waals surface area contributed by atoms with Crippen LogP contribution in [0.3, 0.4) is 0 Å². The molecule has 0 radical (unpaired) electrons. The Balaban J connectivity index is 1.59. The van der Waals surface area contributed by atoms with Crippen molar-refractivity contribution in [1.82, 2.24) is 14.9 Å². The number of benzene rings is 2. The SMILES string of the molecule is COCc1nc(-c2cc(C(=O)N3CC(c4ccc(N)cc4)C3)ccc2C)c(C(F)(F)F)[nH]1. The van der Waals surface area contributed by atoms with E-state index in [0.29, 0.717) is 29.9 Å². The van der Waals surface area contributed by atoms with E-state index in [1.54, 1.807) is 24.0 Å². The van der Waals surface area contributed by atoms with Gasteiger partial charge in [0, 0.05) is 42.9 Å². The van der Waals surface area contributed by atoms with Gasteiger partial charge < -0.3 is 20.4 Å². The molecule has 0 spiro atoms. The average Bonchev–Trinajstić information content (AvgIpc) is 3.13. The number of amides is 1. The minimum Gasteiger partial charge on any atom is -0.399 e. The highest BCUT2D eigenvalue weighted by molar-refractivity contribution is 5.96. The summed E-state index contributed by atoms with van der Waals surface area (Å²) < 4.78 is 45.7. The molecule has 3 N–H and O–H groups in total. The number of H-pyrrole nitrogens is 1. The lowest BCUT2D eigenvalue weighted by Crippen LogP contribution is -2.48. The summed E-state index contributed by atoms with van der Waals surface area (Å²) in [4.78, 5) is 21.1. The van der Waals surface area contributed by atoms with Crippen LogP contribution in [0.4, 0.5) is 18.9 Å². The summed E-state index contributed by atoms with van der Waals surface area (Å²) in [6.07, 6.45) is -4.62. The molecule has 0 saturated carbocycles. The topological polar surface area (TPSA) is 84.2 Å². The molecular formula is C23H23F3N4O2. The van der Waals surface area contributed by atoms with E-state index in [0.717, 1.165) is 5.56 Å². The number of nitrogens with zero attached hydrogens (tertiary/aromatic N) is 2. The second-order valence-electron chi connectivity index (χ2n) is 7.94. The predicted octanol–water partition coefficient (Wildman–Crippen LogP) is 4.37. The molecule has 1 saturated heterocycles. The van der Waals surface area contributed by atoms with Gasteiger partial charge in [0.15, 0.2) is 0 Å². The third-order valence-corrected chi connectivity index (χ3v) is 5.63. The third kappa shape index (κ3) is 4.20. The molecule has 1 aromatic heterocycles. The summed E-state index contributed by atoms with van der Waals surface area (Å²) in [5.74, 6) is 0.0587. The Bertz CT molecular complexity index is 1130. The number of ether oxygens (including phenoxy) is 1. The smallest absolute Gasteiger partial charge is 0.399 e. The van der Waals surface area contributed by atoms with E-state index in [1.807, 2.05) is 24.3 Å². The van der Waals surface area contributed by atoms with Gasteiger partial charge in [-0.1, -0.05) is 18.2 Å². The van der Waals surface area contributed by atoms with Crippen LogP contribution in [0.15, 0.2) is 42.5 Å². The fraction of sp³-hybridized carbons (Fsp3) is 0.304. The Hall–Kier alpha value is -3.33. The summed E-state index contributed by atoms with van der Waals surface area (Å²) in [5, 5.41) is 0. The highest BCUT2D eigenvalue weighted by atomic mass is 19.4. The molecule has 1 amide bonds. The average molecular weight is 444 g/mol. The van der Waals surface area contributed by atoms with Crippen molar-refractivity contribution >= 4 is 11.6 Å². The number of aryl methyl sites for hydroxylation is 1. The minimum absolute atomic E-state index is 0.0695. The van der Waals surface area contributed by atoms with E-state index < -0.39 is 11.9 Å². The van der Waals surface area contributed by atoms with Gasteiger partial charge in [-0.2, -0.15) is 13.2 Å². The first-order valence-corrected chi connectivity index (χ1v) is 10.1. The number of hydrogen-bond donors (Lipinski definition) is 2. The number of imidazole rings is 1. The van der Waals surface area contributed by atoms with Crippen molar-refractivity contribution in [2.75, 3.05) is 25.9 Å². The van der Waals surface area contributed by atoms with Crippen LogP contribution < -0.4 is 5.73 Å². The van der Waals surface area contributed by atoms with Gasteiger partial charge >= 0.3 is 6.18 Å². The maximum Gasteiger partial charge on any atom is 0.433 e. The molecule has 4 rings (SSSR count). The number of hydrogen-bond acceptors (Lipinski definition) is 4. The molecule has 0 unspecified atom stereocenters. The van der Waals surface area contributed by atoms with Crippen LogP contribution >= 0.6 is 0 Å². The largest absolute Gasteiger partial charge is 0.433 e. The quantitative estimate of drug-likeness (QED) is 0.573. The zero-order valence-corrected chi connectivity index (χ0v) is 17.7. The van der Waals surface area contributed by atoms with Crippen LogP contribution in [-0.2, 0) is 17.5 Å². The van der Waals surface area contributed by atoms with Crippen molar-refractivity contribution in [2.24, 2.45) is 0 Å². The number of carbonyl (C=O) groups excluding carboxylic acids is 1. The van der Waals surface area contributed by atoms with Gasteiger partial charge in [-0.15, -0.1) is 0 Å². The number of aromatic amines is 1. The van der Waals surface area contributed by atoms with Crippen LogP contribution in [0.25, 0.3) is 11.3 Å². The zero-order chi connectivity index (χ0) is 23.0. The second-order valence-corrected chi connectivity index (χ2v) is 7.94. The number of rotatable bonds is 5. The molecule has 1 fully saturated rings. The van der Waals surface area contributed by atoms with Gasteiger partial charge in [-0.3, -0.25) is 4.79 Å². The van der Waals surface area contributed by atoms with Gasteiger partial charge in [-0.05, 0) is 42.3 Å². The number of alkyl halides is 3. The minimum atomic E-state index is -4.62. The molecule has 6 nitrogen and oxygen atoms in total. The maximum absolute atomic E-state index is 13.6. The molecule has 1 aliphatic heterocycles. The molecule has 168 valence electrons. The monoisotopic (exact) mass is 444 g/mol. The lowest BCUT2D eigenvalue weighted by Gasteiger charge is -2.39. The summed E-state index contributed by atoms with van der Waals surface area (Å²) in [7, 11) is 1.38. The number of likely N-dealkylation sites (tertiary alicyclic amines) is 1. The number of nitrogen functional groups attached to an aromatic ring is 1. The standard InChI is InChI=1S/C23H23F3N4O2/c1-13-3-4-15(22(31)30-10-16(11-30)14-5-7-17(27)8-6-14)9-18(13)20-21(23(24,25)26)29-19(28-20)12-32-2/h3-9,16H,10-12,27H2,1-2H3,(H,28,29). The van der Waals surface area contributed by atoms with Gasteiger partial charge in [0.1, 0.15) is 23.8 Å². The summed E-state index contributed by atoms with van der Waals surface area (Å²) in [6.45, 7) is 2.69. The first-order valence-electron chi connectivity index (χ1n) is 10.1. The van der Waals surface area contributed by atoms with Gasteiger partial charge in [0.05, 0.1) is 0 Å². The van der Waals surface area contributed by atoms with Crippen LogP contribution in [-0.4, -0.2) is 41.0 Å². The molecular weight excluding hydrogens is 421 g/mol. The summed E-state index contributed by atoms with van der Waals surface area (Å²) in [5.41, 5.74) is 7.48. The molecule has 1 aliphatic rings. The number of aromatic nitrogens is 2. The number of nitrogens with one attached hydrogen (secondary N) is 1. The van der Waals surface area contributed by atoms with Crippen LogP contribution in [0.1, 0.15) is 38.9 Å². The van der Waals surface area contributed by atoms with Crippen molar-refractivity contribution in [1.29, 1.82) is 0 Å². The van der Waals surface area contributed by atoms with E-state index in [4.69, 9.17) is 10.5 Å². The normalized spacial score (nSPS) is 14.5. The summed E-state index contributed by atoms with van der Waals surface area (Å²) in [6, 6.07) is 12.3. The lowest BCUT2D eigenvalue weighted by molar-refractivity contribution is -0.140. The van der Waals surface area contributed by atoms with E-state index >= 15 is 0 Å². The van der Waals surface area contributed by atoms with E-state index in [9.17, 15) is 18.0 Å². The van der Waals surface area contributed by atoms with Crippen LogP contribution in [0.2, 0.25) is 0 Å². The zero-order valence-electron chi connectivity index (χ0n) is 17.7. The van der Waals surface area contributed by atoms with Crippen LogP contribution in [0, 0.1) is 6.92 Å². The fourth-order valence-electron chi connectivity index (χ4n) is 3.84. The van der Waals surface area contributed by atoms with E-state index in [2.05, 4.69) is 9.97 Å². The van der Waals surface area contributed by atoms with Crippen molar-refractivity contribution in [3.05, 3.63) is 70.7 Å². The number of carbonyl (C=O) groups is 1. The van der Waals surface area contributed by atoms with E-state index in [-0.39, 0.29) is 35.5 Å². The number of anilines is 1. The molecule has 2 heterocycles. The van der Waals surface area contributed by atoms with E-state index in [1.165, 1.54) is 13.2 Å². The Labute approximate surface area is 183 Å². The maximum atomic E-state index is 13.6. The summed E-state index contributed by atoms with van der Waals surface area (Å²) >= 11 is 0. The van der Waals surface area contributed by atoms with Crippen LogP contribution in [0.5, 0.6) is 0 Å². The Morgan fingerprint density at radius 1 is 1.22 bits per heavy atom. The van der Waals surface area contributed by atoms with Crippen molar-refractivity contribution in [3.63, 3.8) is 0 Å². The first-order chi connectivity index (χ1) is 15.2. The first kappa shape index (κ1) is 21.9. The van der Waals surface area contributed by atoms with Gasteiger partial charge in [0.25, 0.3) is 5.91 Å². The van der Waals surface area contributed by atoms with Gasteiger partial charge in [-0.25, -0.2) is 4.98 Å². The highest BCUT2D eigenvalue weighted by Gasteiger charge is 2.38. The molecule has 0 bridgehead atoms. The number of halogens is 3. The molecule has 9 heteroatoms. The second kappa shape index (κ2) is 8.31. The number of nitrogens with two attached hydrogens (primary N) is 1. The van der Waals surface area contributed by atoms with Crippen molar-refractivity contribution in [3.8, 4) is 11.3 Å². The molecule has 2 aromatic carbocycles. The molecule has 0 aliphatic carbocycles. The fourth-order valence-corrected chi connectivity index (χ4v) is 3.84. The lowest BCUT2D eigenvalue weighted by atomic mass is 9.90. The van der Waals surface area contributed by atoms with Crippen molar-refractivity contribution < 1.29 is 22.7 Å². The number of methoxy groups -OCH3 is 1. The Kier molecular flexibility index (Phi) is 5.68. The Morgan fingerprint density at radius 3 is 2.53 bits per heavy atom. The predicted molar refractivity (Wildman–Crippen MR) is 114 cm³/mol. The van der Waals surface area contributed by atoms with Gasteiger partial charge in [0.2, 0.25) is 0 Å². The Morgan fingerprint density at radius 2 is 1.91 bits per heavy atom. The molecule has 0 atom stereocenters. The highest BCUT2D eigenvalue weighted by Crippen LogP contribution is 2.37. The third-order valence-electron chi connectivity index (χ3n) is 5.63. The molecule has 32 heavy (non-hydrogen) atoms. The molecule has 3 aromatic rings. The van der Waals surface area contributed by atoms with Crippen molar-refractivity contribution in [2.45, 2.75) is 25.6 Å².